The lowest BCUT2D eigenvalue weighted by Crippen LogP contribution is -2.26. The van der Waals surface area contributed by atoms with Gasteiger partial charge in [0, 0.05) is 26.4 Å². The predicted molar refractivity (Wildman–Crippen MR) is 87.3 cm³/mol. The van der Waals surface area contributed by atoms with Gasteiger partial charge < -0.3 is 9.88 Å². The standard InChI is InChI=1S/C18H18FN3O/c1-22(12-13-6-8-14(19)9-7-13)18(23)11-10-17-20-15-4-2-3-5-16(15)21-17/h2-9H,10-12H2,1H3,(H,20,21). The minimum atomic E-state index is -0.271. The van der Waals surface area contributed by atoms with Gasteiger partial charge in [-0.1, -0.05) is 24.3 Å². The zero-order valence-corrected chi connectivity index (χ0v) is 12.9. The molecule has 1 aromatic heterocycles. The Labute approximate surface area is 134 Å². The molecule has 3 aromatic rings. The topological polar surface area (TPSA) is 49.0 Å². The molecule has 0 bridgehead atoms. The van der Waals surface area contributed by atoms with Crippen LogP contribution in [0.5, 0.6) is 0 Å². The number of nitrogens with one attached hydrogen (secondary N) is 1. The van der Waals surface area contributed by atoms with Gasteiger partial charge in [0.2, 0.25) is 5.91 Å². The van der Waals surface area contributed by atoms with Crippen LogP contribution in [0.1, 0.15) is 17.8 Å². The van der Waals surface area contributed by atoms with E-state index in [1.165, 1.54) is 12.1 Å². The van der Waals surface area contributed by atoms with E-state index in [0.717, 1.165) is 22.4 Å². The number of benzene rings is 2. The number of carbonyl (C=O) groups is 1. The molecule has 0 aliphatic rings. The number of hydrogen-bond donors (Lipinski definition) is 1. The van der Waals surface area contributed by atoms with Gasteiger partial charge in [0.25, 0.3) is 0 Å². The maximum Gasteiger partial charge on any atom is 0.223 e. The molecule has 118 valence electrons. The Hall–Kier alpha value is -2.69. The van der Waals surface area contributed by atoms with Gasteiger partial charge in [-0.25, -0.2) is 9.37 Å². The first kappa shape index (κ1) is 15.2. The summed E-state index contributed by atoms with van der Waals surface area (Å²) in [5, 5.41) is 0. The predicted octanol–water partition coefficient (Wildman–Crippen LogP) is 3.29. The summed E-state index contributed by atoms with van der Waals surface area (Å²) < 4.78 is 12.9. The third kappa shape index (κ3) is 3.74. The molecule has 0 radical (unpaired) electrons. The molecule has 0 aliphatic heterocycles. The number of nitrogens with zero attached hydrogens (tertiary/aromatic N) is 2. The molecule has 0 saturated carbocycles. The van der Waals surface area contributed by atoms with E-state index >= 15 is 0 Å². The highest BCUT2D eigenvalue weighted by Gasteiger charge is 2.11. The Kier molecular flexibility index (Phi) is 4.37. The van der Waals surface area contributed by atoms with Crippen LogP contribution in [-0.2, 0) is 17.8 Å². The van der Waals surface area contributed by atoms with Crippen LogP contribution in [0, 0.1) is 5.82 Å². The molecule has 0 spiro atoms. The minimum Gasteiger partial charge on any atom is -0.342 e. The van der Waals surface area contributed by atoms with Gasteiger partial charge in [-0.2, -0.15) is 0 Å². The van der Waals surface area contributed by atoms with Crippen molar-refractivity contribution in [3.05, 3.63) is 65.7 Å². The summed E-state index contributed by atoms with van der Waals surface area (Å²) in [6.07, 6.45) is 0.957. The van der Waals surface area contributed by atoms with Crippen LogP contribution in [0.25, 0.3) is 11.0 Å². The van der Waals surface area contributed by atoms with E-state index in [2.05, 4.69) is 9.97 Å². The molecular weight excluding hydrogens is 293 g/mol. The zero-order chi connectivity index (χ0) is 16.2. The van der Waals surface area contributed by atoms with E-state index in [1.807, 2.05) is 24.3 Å². The van der Waals surface area contributed by atoms with Gasteiger partial charge in [0.1, 0.15) is 11.6 Å². The molecule has 2 aromatic carbocycles. The van der Waals surface area contributed by atoms with Gasteiger partial charge in [0.15, 0.2) is 0 Å². The number of aryl methyl sites for hydroxylation is 1. The zero-order valence-electron chi connectivity index (χ0n) is 12.9. The SMILES string of the molecule is CN(Cc1ccc(F)cc1)C(=O)CCc1nc2ccccc2[nH]1. The van der Waals surface area contributed by atoms with E-state index in [9.17, 15) is 9.18 Å². The van der Waals surface area contributed by atoms with Crippen LogP contribution in [0.2, 0.25) is 0 Å². The number of aromatic amines is 1. The smallest absolute Gasteiger partial charge is 0.223 e. The highest BCUT2D eigenvalue weighted by Crippen LogP contribution is 2.12. The lowest BCUT2D eigenvalue weighted by atomic mass is 10.2. The van der Waals surface area contributed by atoms with Crippen molar-refractivity contribution >= 4 is 16.9 Å². The number of H-pyrrole nitrogens is 1. The van der Waals surface area contributed by atoms with Crippen molar-refractivity contribution < 1.29 is 9.18 Å². The Bertz CT molecular complexity index is 778. The van der Waals surface area contributed by atoms with Crippen molar-refractivity contribution in [2.24, 2.45) is 0 Å². The molecule has 1 amide bonds. The number of halogens is 1. The van der Waals surface area contributed by atoms with Crippen LogP contribution in [0.4, 0.5) is 4.39 Å². The number of rotatable bonds is 5. The van der Waals surface area contributed by atoms with Crippen molar-refractivity contribution in [3.8, 4) is 0 Å². The second-order valence-electron chi connectivity index (χ2n) is 5.58. The van der Waals surface area contributed by atoms with Crippen molar-refractivity contribution in [1.29, 1.82) is 0 Å². The number of para-hydroxylation sites is 2. The Morgan fingerprint density at radius 3 is 2.65 bits per heavy atom. The normalized spacial score (nSPS) is 10.9. The van der Waals surface area contributed by atoms with Crippen LogP contribution in [0.15, 0.2) is 48.5 Å². The minimum absolute atomic E-state index is 0.0368. The molecule has 23 heavy (non-hydrogen) atoms. The lowest BCUT2D eigenvalue weighted by molar-refractivity contribution is -0.130. The number of hydrogen-bond acceptors (Lipinski definition) is 2. The molecule has 1 N–H and O–H groups in total. The fourth-order valence-electron chi connectivity index (χ4n) is 2.49. The summed E-state index contributed by atoms with van der Waals surface area (Å²) in [5.41, 5.74) is 2.80. The molecule has 0 saturated heterocycles. The first-order valence-corrected chi connectivity index (χ1v) is 7.54. The van der Waals surface area contributed by atoms with Gasteiger partial charge >= 0.3 is 0 Å². The van der Waals surface area contributed by atoms with Crippen molar-refractivity contribution in [3.63, 3.8) is 0 Å². The highest BCUT2D eigenvalue weighted by molar-refractivity contribution is 5.77. The molecule has 5 heteroatoms. The summed E-state index contributed by atoms with van der Waals surface area (Å²) in [7, 11) is 1.75. The Balaban J connectivity index is 1.56. The third-order valence-electron chi connectivity index (χ3n) is 3.77. The van der Waals surface area contributed by atoms with E-state index in [1.54, 1.807) is 24.1 Å². The van der Waals surface area contributed by atoms with Crippen LogP contribution >= 0.6 is 0 Å². The summed E-state index contributed by atoms with van der Waals surface area (Å²) in [4.78, 5) is 21.6. The molecule has 0 atom stereocenters. The quantitative estimate of drug-likeness (QED) is 0.786. The van der Waals surface area contributed by atoms with Crippen molar-refractivity contribution in [2.75, 3.05) is 7.05 Å². The number of imidazole rings is 1. The van der Waals surface area contributed by atoms with E-state index in [-0.39, 0.29) is 11.7 Å². The average Bonchev–Trinajstić information content (AvgIpc) is 2.97. The summed E-state index contributed by atoms with van der Waals surface area (Å²) in [5.74, 6) is 0.581. The van der Waals surface area contributed by atoms with Gasteiger partial charge in [0.05, 0.1) is 11.0 Å². The second kappa shape index (κ2) is 6.60. The first-order chi connectivity index (χ1) is 11.1. The van der Waals surface area contributed by atoms with Crippen LogP contribution in [-0.4, -0.2) is 27.8 Å². The lowest BCUT2D eigenvalue weighted by Gasteiger charge is -2.17. The molecule has 1 heterocycles. The number of amides is 1. The average molecular weight is 311 g/mol. The summed E-state index contributed by atoms with van der Waals surface area (Å²) in [6, 6.07) is 14.0. The van der Waals surface area contributed by atoms with Crippen LogP contribution in [0.3, 0.4) is 0 Å². The number of fused-ring (bicyclic) bond motifs is 1. The van der Waals surface area contributed by atoms with E-state index in [4.69, 9.17) is 0 Å². The van der Waals surface area contributed by atoms with Gasteiger partial charge in [-0.15, -0.1) is 0 Å². The maximum absolute atomic E-state index is 12.9. The van der Waals surface area contributed by atoms with Crippen molar-refractivity contribution in [2.45, 2.75) is 19.4 Å². The summed E-state index contributed by atoms with van der Waals surface area (Å²) >= 11 is 0. The fourth-order valence-corrected chi connectivity index (χ4v) is 2.49. The fraction of sp³-hybridized carbons (Fsp3) is 0.222. The summed E-state index contributed by atoms with van der Waals surface area (Å²) in [6.45, 7) is 0.471. The Morgan fingerprint density at radius 1 is 1.17 bits per heavy atom. The molecule has 4 nitrogen and oxygen atoms in total. The largest absolute Gasteiger partial charge is 0.342 e. The molecule has 3 rings (SSSR count). The molecule has 0 aliphatic carbocycles. The first-order valence-electron chi connectivity index (χ1n) is 7.54. The number of carbonyl (C=O) groups excluding carboxylic acids is 1. The van der Waals surface area contributed by atoms with E-state index < -0.39 is 0 Å². The highest BCUT2D eigenvalue weighted by atomic mass is 19.1. The van der Waals surface area contributed by atoms with Gasteiger partial charge in [-0.05, 0) is 29.8 Å². The third-order valence-corrected chi connectivity index (χ3v) is 3.77. The molecule has 0 fully saturated rings. The molecule has 0 unspecified atom stereocenters. The van der Waals surface area contributed by atoms with E-state index in [0.29, 0.717) is 19.4 Å². The second-order valence-corrected chi connectivity index (χ2v) is 5.58. The van der Waals surface area contributed by atoms with Crippen molar-refractivity contribution in [1.82, 2.24) is 14.9 Å². The maximum atomic E-state index is 12.9. The monoisotopic (exact) mass is 311 g/mol. The Morgan fingerprint density at radius 2 is 1.91 bits per heavy atom. The molecular formula is C18H18FN3O. The van der Waals surface area contributed by atoms with Gasteiger partial charge in [-0.3, -0.25) is 4.79 Å². The number of aromatic nitrogens is 2. The van der Waals surface area contributed by atoms with Crippen LogP contribution < -0.4 is 0 Å².